The maximum atomic E-state index is 9.01. The van der Waals surface area contributed by atoms with Crippen molar-refractivity contribution in [1.29, 1.82) is 5.26 Å². The quantitative estimate of drug-likeness (QED) is 0.813. The lowest BCUT2D eigenvalue weighted by Gasteiger charge is -2.08. The van der Waals surface area contributed by atoms with Crippen LogP contribution in [-0.4, -0.2) is 6.04 Å². The average molecular weight is 200 g/mol. The van der Waals surface area contributed by atoms with Crippen LogP contribution in [0.2, 0.25) is 0 Å². The molecule has 15 heavy (non-hydrogen) atoms. The van der Waals surface area contributed by atoms with Gasteiger partial charge in [0.25, 0.3) is 0 Å². The first-order valence-electron chi connectivity index (χ1n) is 5.52. The number of hydrogen-bond acceptors (Lipinski definition) is 2. The highest BCUT2D eigenvalue weighted by molar-refractivity contribution is 5.59. The molecule has 1 aromatic rings. The maximum absolute atomic E-state index is 9.01. The molecule has 2 atom stereocenters. The molecule has 2 heteroatoms. The van der Waals surface area contributed by atoms with E-state index in [-0.39, 0.29) is 0 Å². The molecule has 2 rings (SSSR count). The van der Waals surface area contributed by atoms with Gasteiger partial charge in [-0.25, -0.2) is 0 Å². The molecule has 78 valence electrons. The van der Waals surface area contributed by atoms with E-state index in [9.17, 15) is 0 Å². The van der Waals surface area contributed by atoms with Crippen molar-refractivity contribution >= 4 is 5.69 Å². The summed E-state index contributed by atoms with van der Waals surface area (Å²) < 4.78 is 0. The van der Waals surface area contributed by atoms with Gasteiger partial charge in [-0.3, -0.25) is 0 Å². The minimum absolute atomic E-state index is 0.588. The summed E-state index contributed by atoms with van der Waals surface area (Å²) in [5.74, 6) is 0.804. The predicted octanol–water partition coefficient (Wildman–Crippen LogP) is 3.08. The lowest BCUT2D eigenvalue weighted by molar-refractivity contribution is 0.775. The molecule has 0 radical (unpaired) electrons. The van der Waals surface area contributed by atoms with E-state index in [0.717, 1.165) is 22.7 Å². The predicted molar refractivity (Wildman–Crippen MR) is 61.7 cm³/mol. The molecule has 1 aliphatic carbocycles. The van der Waals surface area contributed by atoms with E-state index in [0.29, 0.717) is 6.04 Å². The molecule has 2 nitrogen and oxygen atoms in total. The Morgan fingerprint density at radius 3 is 2.93 bits per heavy atom. The fraction of sp³-hybridized carbons (Fsp3) is 0.462. The molecule has 0 saturated heterocycles. The average Bonchev–Trinajstić information content (AvgIpc) is 2.99. The summed E-state index contributed by atoms with van der Waals surface area (Å²) in [5, 5.41) is 12.5. The Morgan fingerprint density at radius 2 is 2.33 bits per heavy atom. The maximum Gasteiger partial charge on any atom is 0.101 e. The van der Waals surface area contributed by atoms with Gasteiger partial charge in [-0.1, -0.05) is 19.4 Å². The van der Waals surface area contributed by atoms with Crippen molar-refractivity contribution in [3.8, 4) is 6.07 Å². The fourth-order valence-corrected chi connectivity index (χ4v) is 1.95. The molecule has 0 amide bonds. The van der Waals surface area contributed by atoms with E-state index < -0.39 is 0 Å². The highest BCUT2D eigenvalue weighted by atomic mass is 15.0. The zero-order valence-electron chi connectivity index (χ0n) is 9.25. The summed E-state index contributed by atoms with van der Waals surface area (Å²) in [7, 11) is 0. The highest BCUT2D eigenvalue weighted by Gasteiger charge is 2.35. The number of nitriles is 1. The molecular weight excluding hydrogens is 184 g/mol. The zero-order valence-corrected chi connectivity index (χ0v) is 9.25. The number of rotatable bonds is 3. The minimum Gasteiger partial charge on any atom is -0.381 e. The Kier molecular flexibility index (Phi) is 2.64. The third-order valence-corrected chi connectivity index (χ3v) is 3.08. The standard InChI is InChI=1S/C13H16N2/c1-3-10-7-13(10)15-12-5-4-9(2)6-11(12)8-14/h4-6,10,13,15H,3,7H2,1-2H3. The Balaban J connectivity index is 2.12. The fourth-order valence-electron chi connectivity index (χ4n) is 1.95. The third-order valence-electron chi connectivity index (χ3n) is 3.08. The molecule has 0 heterocycles. The topological polar surface area (TPSA) is 35.8 Å². The van der Waals surface area contributed by atoms with Gasteiger partial charge in [0.2, 0.25) is 0 Å². The van der Waals surface area contributed by atoms with E-state index in [1.54, 1.807) is 0 Å². The van der Waals surface area contributed by atoms with Gasteiger partial charge in [-0.15, -0.1) is 0 Å². The Morgan fingerprint density at radius 1 is 1.53 bits per heavy atom. The molecule has 1 N–H and O–H groups in total. The van der Waals surface area contributed by atoms with E-state index >= 15 is 0 Å². The normalized spacial score (nSPS) is 23.3. The molecule has 0 aromatic heterocycles. The molecule has 1 saturated carbocycles. The van der Waals surface area contributed by atoms with E-state index in [1.807, 2.05) is 25.1 Å². The summed E-state index contributed by atoms with van der Waals surface area (Å²) in [6, 6.07) is 8.82. The van der Waals surface area contributed by atoms with Gasteiger partial charge >= 0.3 is 0 Å². The highest BCUT2D eigenvalue weighted by Crippen LogP contribution is 2.36. The monoisotopic (exact) mass is 200 g/mol. The molecule has 0 bridgehead atoms. The van der Waals surface area contributed by atoms with E-state index in [4.69, 9.17) is 5.26 Å². The second kappa shape index (κ2) is 3.94. The van der Waals surface area contributed by atoms with Crippen LogP contribution in [0.15, 0.2) is 18.2 Å². The molecule has 0 aliphatic heterocycles. The Labute approximate surface area is 90.9 Å². The van der Waals surface area contributed by atoms with E-state index in [1.165, 1.54) is 12.8 Å². The minimum atomic E-state index is 0.588. The summed E-state index contributed by atoms with van der Waals surface area (Å²) in [5.41, 5.74) is 2.89. The van der Waals surface area contributed by atoms with Gasteiger partial charge in [-0.05, 0) is 37.0 Å². The number of aryl methyl sites for hydroxylation is 1. The van der Waals surface area contributed by atoms with Crippen LogP contribution in [0.25, 0.3) is 0 Å². The SMILES string of the molecule is CCC1CC1Nc1ccc(C)cc1C#N. The lowest BCUT2D eigenvalue weighted by atomic mass is 10.1. The van der Waals surface area contributed by atoms with Crippen molar-refractivity contribution in [3.63, 3.8) is 0 Å². The van der Waals surface area contributed by atoms with Crippen LogP contribution in [0.3, 0.4) is 0 Å². The van der Waals surface area contributed by atoms with Gasteiger partial charge < -0.3 is 5.32 Å². The number of benzene rings is 1. The largest absolute Gasteiger partial charge is 0.381 e. The molecule has 0 spiro atoms. The smallest absolute Gasteiger partial charge is 0.101 e. The van der Waals surface area contributed by atoms with Crippen LogP contribution in [0.1, 0.15) is 30.9 Å². The second-order valence-corrected chi connectivity index (χ2v) is 4.32. The van der Waals surface area contributed by atoms with Crippen molar-refractivity contribution in [2.75, 3.05) is 5.32 Å². The number of nitrogens with one attached hydrogen (secondary N) is 1. The summed E-state index contributed by atoms with van der Waals surface area (Å²) in [6.45, 7) is 4.23. The van der Waals surface area contributed by atoms with Crippen molar-refractivity contribution < 1.29 is 0 Å². The number of anilines is 1. The molecule has 1 fully saturated rings. The second-order valence-electron chi connectivity index (χ2n) is 4.32. The van der Waals surface area contributed by atoms with Crippen molar-refractivity contribution in [1.82, 2.24) is 0 Å². The van der Waals surface area contributed by atoms with Crippen molar-refractivity contribution in [3.05, 3.63) is 29.3 Å². The molecule has 2 unspecified atom stereocenters. The first-order valence-corrected chi connectivity index (χ1v) is 5.52. The van der Waals surface area contributed by atoms with Crippen LogP contribution in [0, 0.1) is 24.2 Å². The van der Waals surface area contributed by atoms with Crippen molar-refractivity contribution in [2.45, 2.75) is 32.7 Å². The van der Waals surface area contributed by atoms with Crippen molar-refractivity contribution in [2.24, 2.45) is 5.92 Å². The van der Waals surface area contributed by atoms with E-state index in [2.05, 4.69) is 18.3 Å². The van der Waals surface area contributed by atoms with Gasteiger partial charge in [0.15, 0.2) is 0 Å². The zero-order chi connectivity index (χ0) is 10.8. The van der Waals surface area contributed by atoms with Gasteiger partial charge in [-0.2, -0.15) is 5.26 Å². The summed E-state index contributed by atoms with van der Waals surface area (Å²) >= 11 is 0. The molecule has 1 aromatic carbocycles. The Hall–Kier alpha value is -1.49. The molecule has 1 aliphatic rings. The van der Waals surface area contributed by atoms with Crippen LogP contribution in [-0.2, 0) is 0 Å². The number of hydrogen-bond donors (Lipinski definition) is 1. The first kappa shape index (κ1) is 10.0. The van der Waals surface area contributed by atoms with Gasteiger partial charge in [0.1, 0.15) is 6.07 Å². The molecular formula is C13H16N2. The van der Waals surface area contributed by atoms with Crippen LogP contribution in [0.4, 0.5) is 5.69 Å². The number of nitrogens with zero attached hydrogens (tertiary/aromatic N) is 1. The Bertz CT molecular complexity index is 403. The first-order chi connectivity index (χ1) is 7.24. The summed E-state index contributed by atoms with van der Waals surface area (Å²) in [4.78, 5) is 0. The summed E-state index contributed by atoms with van der Waals surface area (Å²) in [6.07, 6.45) is 2.47. The van der Waals surface area contributed by atoms with Crippen LogP contribution >= 0.6 is 0 Å². The van der Waals surface area contributed by atoms with Crippen LogP contribution < -0.4 is 5.32 Å². The van der Waals surface area contributed by atoms with Crippen LogP contribution in [0.5, 0.6) is 0 Å². The van der Waals surface area contributed by atoms with Gasteiger partial charge in [0, 0.05) is 6.04 Å². The third kappa shape index (κ3) is 2.12. The van der Waals surface area contributed by atoms with Gasteiger partial charge in [0.05, 0.1) is 11.3 Å². The lowest BCUT2D eigenvalue weighted by Crippen LogP contribution is -2.05.